The molecule has 1 saturated carbocycles. The van der Waals surface area contributed by atoms with E-state index in [1.54, 1.807) is 20.0 Å². The van der Waals surface area contributed by atoms with Crippen LogP contribution in [0.4, 0.5) is 13.2 Å². The fraction of sp³-hybridized carbons (Fsp3) is 0.400. The highest BCUT2D eigenvalue weighted by atomic mass is 19.4. The summed E-state index contributed by atoms with van der Waals surface area (Å²) >= 11 is 0. The Morgan fingerprint density at radius 2 is 1.97 bits per heavy atom. The summed E-state index contributed by atoms with van der Waals surface area (Å²) in [5, 5.41) is 11.7. The number of aromatic nitrogens is 4. The van der Waals surface area contributed by atoms with Crippen LogP contribution in [0.15, 0.2) is 35.3 Å². The molecule has 2 aromatic heterocycles. The monoisotopic (exact) mass is 435 g/mol. The molecule has 1 N–H and O–H groups in total. The fourth-order valence-electron chi connectivity index (χ4n) is 3.43. The standard InChI is InChI=1S/C20H20F3N5O3/c1-11(13-3-7-15(8-4-13)31-20(21,22)23)25-17(29)10-27-19(30)18-12(2)26-28(14-5-6-14)16(18)9-24-27/h3-4,7-9,11,14H,5-6,10H2,1-2H3,(H,25,29)/t11-/m0/s1. The molecule has 0 bridgehead atoms. The summed E-state index contributed by atoms with van der Waals surface area (Å²) in [5.74, 6) is -0.801. The quantitative estimate of drug-likeness (QED) is 0.643. The molecule has 1 fully saturated rings. The normalized spacial score (nSPS) is 15.1. The molecule has 1 aliphatic carbocycles. The van der Waals surface area contributed by atoms with Gasteiger partial charge in [0.05, 0.1) is 34.9 Å². The van der Waals surface area contributed by atoms with Crippen LogP contribution in [0, 0.1) is 6.92 Å². The lowest BCUT2D eigenvalue weighted by molar-refractivity contribution is -0.274. The smallest absolute Gasteiger partial charge is 0.406 e. The number of aryl methyl sites for hydroxylation is 1. The van der Waals surface area contributed by atoms with Crippen molar-refractivity contribution in [1.82, 2.24) is 24.9 Å². The Morgan fingerprint density at radius 3 is 2.58 bits per heavy atom. The number of rotatable bonds is 6. The first-order chi connectivity index (χ1) is 14.6. The minimum Gasteiger partial charge on any atom is -0.406 e. The average molecular weight is 435 g/mol. The molecular weight excluding hydrogens is 415 g/mol. The second-order valence-corrected chi connectivity index (χ2v) is 7.53. The second kappa shape index (κ2) is 7.71. The largest absolute Gasteiger partial charge is 0.573 e. The van der Waals surface area contributed by atoms with Crippen molar-refractivity contribution in [2.45, 2.75) is 51.7 Å². The van der Waals surface area contributed by atoms with Crippen LogP contribution in [0.3, 0.4) is 0 Å². The van der Waals surface area contributed by atoms with Crippen molar-refractivity contribution in [3.8, 4) is 5.75 Å². The number of halogens is 3. The van der Waals surface area contributed by atoms with Gasteiger partial charge in [-0.15, -0.1) is 13.2 Å². The van der Waals surface area contributed by atoms with E-state index in [9.17, 15) is 22.8 Å². The summed E-state index contributed by atoms with van der Waals surface area (Å²) in [5.41, 5.74) is 1.45. The summed E-state index contributed by atoms with van der Waals surface area (Å²) in [7, 11) is 0. The van der Waals surface area contributed by atoms with E-state index in [4.69, 9.17) is 0 Å². The molecule has 31 heavy (non-hydrogen) atoms. The molecular formula is C20H20F3N5O3. The van der Waals surface area contributed by atoms with E-state index in [1.807, 2.05) is 4.68 Å². The maximum absolute atomic E-state index is 12.8. The number of carbonyl (C=O) groups excluding carboxylic acids is 1. The Balaban J connectivity index is 1.45. The zero-order valence-corrected chi connectivity index (χ0v) is 16.8. The lowest BCUT2D eigenvalue weighted by Crippen LogP contribution is -2.35. The lowest BCUT2D eigenvalue weighted by Gasteiger charge is -2.15. The Hall–Kier alpha value is -3.37. The Labute approximate surface area is 174 Å². The zero-order chi connectivity index (χ0) is 22.3. The Bertz CT molecular complexity index is 1180. The molecule has 1 aromatic carbocycles. The highest BCUT2D eigenvalue weighted by Crippen LogP contribution is 2.36. The van der Waals surface area contributed by atoms with Crippen molar-refractivity contribution in [2.24, 2.45) is 0 Å². The van der Waals surface area contributed by atoms with Gasteiger partial charge >= 0.3 is 6.36 Å². The molecule has 1 atom stereocenters. The number of carbonyl (C=O) groups is 1. The number of amides is 1. The number of alkyl halides is 3. The maximum atomic E-state index is 12.8. The highest BCUT2D eigenvalue weighted by Gasteiger charge is 2.31. The first-order valence-corrected chi connectivity index (χ1v) is 9.72. The zero-order valence-electron chi connectivity index (χ0n) is 16.8. The molecule has 3 aromatic rings. The van der Waals surface area contributed by atoms with Crippen LogP contribution in [0.5, 0.6) is 5.75 Å². The molecule has 0 radical (unpaired) electrons. The molecule has 2 heterocycles. The van der Waals surface area contributed by atoms with E-state index < -0.39 is 23.9 Å². The van der Waals surface area contributed by atoms with Crippen molar-refractivity contribution in [3.05, 3.63) is 52.1 Å². The summed E-state index contributed by atoms with van der Waals surface area (Å²) in [6.45, 7) is 3.14. The first kappa shape index (κ1) is 20.9. The molecule has 0 saturated heterocycles. The predicted molar refractivity (Wildman–Crippen MR) is 104 cm³/mol. The number of hydrogen-bond donors (Lipinski definition) is 1. The SMILES string of the molecule is Cc1nn(C2CC2)c2cnn(CC(=O)N[C@@H](C)c3ccc(OC(F)(F)F)cc3)c(=O)c12. The third-order valence-electron chi connectivity index (χ3n) is 5.07. The molecule has 164 valence electrons. The van der Waals surface area contributed by atoms with Crippen LogP contribution in [-0.4, -0.2) is 31.8 Å². The van der Waals surface area contributed by atoms with Gasteiger partial charge in [0.25, 0.3) is 5.56 Å². The van der Waals surface area contributed by atoms with E-state index in [0.29, 0.717) is 28.2 Å². The van der Waals surface area contributed by atoms with Gasteiger partial charge < -0.3 is 10.1 Å². The van der Waals surface area contributed by atoms with Crippen LogP contribution in [0.25, 0.3) is 10.9 Å². The minimum absolute atomic E-state index is 0.289. The highest BCUT2D eigenvalue weighted by molar-refractivity contribution is 5.81. The third-order valence-corrected chi connectivity index (χ3v) is 5.07. The molecule has 1 aliphatic rings. The van der Waals surface area contributed by atoms with Crippen molar-refractivity contribution < 1.29 is 22.7 Å². The molecule has 0 unspecified atom stereocenters. The number of benzene rings is 1. The number of ether oxygens (including phenoxy) is 1. The predicted octanol–water partition coefficient (Wildman–Crippen LogP) is 3.01. The minimum atomic E-state index is -4.77. The van der Waals surface area contributed by atoms with Gasteiger partial charge in [0.2, 0.25) is 5.91 Å². The van der Waals surface area contributed by atoms with E-state index in [2.05, 4.69) is 20.3 Å². The van der Waals surface area contributed by atoms with Crippen molar-refractivity contribution in [1.29, 1.82) is 0 Å². The van der Waals surface area contributed by atoms with Crippen molar-refractivity contribution in [3.63, 3.8) is 0 Å². The van der Waals surface area contributed by atoms with Crippen LogP contribution in [0.2, 0.25) is 0 Å². The molecule has 8 nitrogen and oxygen atoms in total. The van der Waals surface area contributed by atoms with E-state index in [1.165, 1.54) is 24.3 Å². The number of fused-ring (bicyclic) bond motifs is 1. The number of nitrogens with one attached hydrogen (secondary N) is 1. The van der Waals surface area contributed by atoms with Gasteiger partial charge in [0, 0.05) is 0 Å². The maximum Gasteiger partial charge on any atom is 0.573 e. The Kier molecular flexibility index (Phi) is 5.19. The number of hydrogen-bond acceptors (Lipinski definition) is 5. The van der Waals surface area contributed by atoms with Gasteiger partial charge in [-0.1, -0.05) is 12.1 Å². The average Bonchev–Trinajstić information content (AvgIpc) is 3.46. The van der Waals surface area contributed by atoms with Gasteiger partial charge in [-0.25, -0.2) is 4.68 Å². The van der Waals surface area contributed by atoms with E-state index in [0.717, 1.165) is 17.5 Å². The molecule has 11 heteroatoms. The Morgan fingerprint density at radius 1 is 1.29 bits per heavy atom. The van der Waals surface area contributed by atoms with Gasteiger partial charge in [-0.3, -0.25) is 14.3 Å². The van der Waals surface area contributed by atoms with Gasteiger partial charge in [-0.2, -0.15) is 10.2 Å². The second-order valence-electron chi connectivity index (χ2n) is 7.53. The van der Waals surface area contributed by atoms with E-state index in [-0.39, 0.29) is 12.3 Å². The molecule has 4 rings (SSSR count). The summed E-state index contributed by atoms with van der Waals surface area (Å²) in [6, 6.07) is 5.00. The molecule has 0 aliphatic heterocycles. The fourth-order valence-corrected chi connectivity index (χ4v) is 3.43. The third kappa shape index (κ3) is 4.54. The van der Waals surface area contributed by atoms with Crippen LogP contribution < -0.4 is 15.6 Å². The molecule has 0 spiro atoms. The van der Waals surface area contributed by atoms with E-state index >= 15 is 0 Å². The van der Waals surface area contributed by atoms with Gasteiger partial charge in [-0.05, 0) is 44.4 Å². The van der Waals surface area contributed by atoms with Crippen LogP contribution in [0.1, 0.15) is 43.1 Å². The van der Waals surface area contributed by atoms with Crippen LogP contribution in [-0.2, 0) is 11.3 Å². The number of nitrogens with zero attached hydrogens (tertiary/aromatic N) is 4. The first-order valence-electron chi connectivity index (χ1n) is 9.72. The lowest BCUT2D eigenvalue weighted by atomic mass is 10.1. The molecule has 1 amide bonds. The van der Waals surface area contributed by atoms with Gasteiger partial charge in [0.1, 0.15) is 12.3 Å². The summed E-state index contributed by atoms with van der Waals surface area (Å²) < 4.78 is 43.5. The topological polar surface area (TPSA) is 91.0 Å². The summed E-state index contributed by atoms with van der Waals surface area (Å²) in [4.78, 5) is 25.3. The van der Waals surface area contributed by atoms with Crippen molar-refractivity contribution in [2.75, 3.05) is 0 Å². The van der Waals surface area contributed by atoms with Gasteiger partial charge in [0.15, 0.2) is 0 Å². The van der Waals surface area contributed by atoms with Crippen LogP contribution >= 0.6 is 0 Å². The van der Waals surface area contributed by atoms with Crippen molar-refractivity contribution >= 4 is 16.8 Å². The summed E-state index contributed by atoms with van der Waals surface area (Å²) in [6.07, 6.45) is -1.19.